The third-order valence-electron chi connectivity index (χ3n) is 3.88. The Balaban J connectivity index is 1.71. The predicted molar refractivity (Wildman–Crippen MR) is 90.5 cm³/mol. The fraction of sp³-hybridized carbons (Fsp3) is 0.167. The van der Waals surface area contributed by atoms with E-state index in [-0.39, 0.29) is 24.5 Å². The van der Waals surface area contributed by atoms with Crippen molar-refractivity contribution in [3.05, 3.63) is 76.8 Å². The number of aromatic nitrogens is 3. The fourth-order valence-corrected chi connectivity index (χ4v) is 2.50. The largest absolute Gasteiger partial charge is 0.390 e. The molecular formula is C18H15F3N4O2. The van der Waals surface area contributed by atoms with Gasteiger partial charge in [-0.1, -0.05) is 0 Å². The van der Waals surface area contributed by atoms with Gasteiger partial charge in [0, 0.05) is 18.9 Å². The molecule has 27 heavy (non-hydrogen) atoms. The molecule has 1 amide bonds. The van der Waals surface area contributed by atoms with Crippen LogP contribution in [0.15, 0.2) is 36.9 Å². The zero-order valence-electron chi connectivity index (χ0n) is 14.2. The highest BCUT2D eigenvalue weighted by molar-refractivity contribution is 6.03. The lowest BCUT2D eigenvalue weighted by Gasteiger charge is -2.06. The molecule has 0 fully saturated rings. The van der Waals surface area contributed by atoms with Crippen molar-refractivity contribution in [1.82, 2.24) is 14.5 Å². The smallest absolute Gasteiger partial charge is 0.258 e. The van der Waals surface area contributed by atoms with Crippen LogP contribution in [0.2, 0.25) is 0 Å². The minimum Gasteiger partial charge on any atom is -0.390 e. The average molecular weight is 376 g/mol. The van der Waals surface area contributed by atoms with Gasteiger partial charge in [-0.25, -0.2) is 18.2 Å². The molecule has 0 radical (unpaired) electrons. The van der Waals surface area contributed by atoms with Gasteiger partial charge < -0.3 is 15.0 Å². The number of hydrogen-bond donors (Lipinski definition) is 2. The summed E-state index contributed by atoms with van der Waals surface area (Å²) in [4.78, 5) is 20.3. The van der Waals surface area contributed by atoms with Gasteiger partial charge in [0.05, 0.1) is 24.2 Å². The third-order valence-corrected chi connectivity index (χ3v) is 3.88. The number of aryl methyl sites for hydroxylation is 1. The zero-order chi connectivity index (χ0) is 19.6. The standard InChI is InChI=1S/C18H15F3N4O2/c1-10-2-12(5-22-15(10)8-26)18(27)24-16-7-25(9-23-16)6-11-3-13(19)17(21)14(20)4-11/h2-5,7,9,26H,6,8H2,1H3,(H,24,27). The first-order valence-corrected chi connectivity index (χ1v) is 7.90. The molecule has 0 saturated heterocycles. The van der Waals surface area contributed by atoms with Gasteiger partial charge in [0.15, 0.2) is 23.3 Å². The highest BCUT2D eigenvalue weighted by atomic mass is 19.2. The maximum absolute atomic E-state index is 13.3. The number of nitrogens with one attached hydrogen (secondary N) is 1. The summed E-state index contributed by atoms with van der Waals surface area (Å²) in [6, 6.07) is 3.39. The predicted octanol–water partition coefficient (Wildman–Crippen LogP) is 2.80. The summed E-state index contributed by atoms with van der Waals surface area (Å²) in [7, 11) is 0. The van der Waals surface area contributed by atoms with Crippen molar-refractivity contribution in [2.45, 2.75) is 20.1 Å². The summed E-state index contributed by atoms with van der Waals surface area (Å²) in [6.45, 7) is 1.55. The molecule has 0 aliphatic heterocycles. The van der Waals surface area contributed by atoms with Crippen molar-refractivity contribution in [2.24, 2.45) is 0 Å². The SMILES string of the molecule is Cc1cc(C(=O)Nc2cn(Cc3cc(F)c(F)c(F)c3)cn2)cnc1CO. The van der Waals surface area contributed by atoms with Crippen LogP contribution in [0, 0.1) is 24.4 Å². The van der Waals surface area contributed by atoms with Crippen molar-refractivity contribution in [2.75, 3.05) is 5.32 Å². The van der Waals surface area contributed by atoms with Crippen molar-refractivity contribution in [1.29, 1.82) is 0 Å². The first-order chi connectivity index (χ1) is 12.9. The molecule has 0 unspecified atom stereocenters. The van der Waals surface area contributed by atoms with E-state index >= 15 is 0 Å². The zero-order valence-corrected chi connectivity index (χ0v) is 14.2. The number of anilines is 1. The van der Waals surface area contributed by atoms with Crippen LogP contribution in [0.3, 0.4) is 0 Å². The molecule has 0 aliphatic carbocycles. The van der Waals surface area contributed by atoms with E-state index in [4.69, 9.17) is 5.11 Å². The van der Waals surface area contributed by atoms with Crippen molar-refractivity contribution >= 4 is 11.7 Å². The first kappa shape index (κ1) is 18.6. The van der Waals surface area contributed by atoms with E-state index in [1.807, 2.05) is 0 Å². The molecule has 1 aromatic carbocycles. The number of pyridine rings is 1. The van der Waals surface area contributed by atoms with E-state index in [2.05, 4.69) is 15.3 Å². The van der Waals surface area contributed by atoms with E-state index < -0.39 is 23.4 Å². The van der Waals surface area contributed by atoms with Crippen LogP contribution in [0.1, 0.15) is 27.2 Å². The lowest BCUT2D eigenvalue weighted by atomic mass is 10.1. The number of aliphatic hydroxyl groups is 1. The highest BCUT2D eigenvalue weighted by Gasteiger charge is 2.13. The molecule has 0 saturated carbocycles. The number of hydrogen-bond acceptors (Lipinski definition) is 4. The number of imidazole rings is 1. The molecule has 2 aromatic heterocycles. The number of rotatable bonds is 5. The molecular weight excluding hydrogens is 361 g/mol. The fourth-order valence-electron chi connectivity index (χ4n) is 2.50. The Morgan fingerprint density at radius 3 is 2.52 bits per heavy atom. The van der Waals surface area contributed by atoms with E-state index in [1.54, 1.807) is 13.0 Å². The molecule has 6 nitrogen and oxygen atoms in total. The monoisotopic (exact) mass is 376 g/mol. The van der Waals surface area contributed by atoms with Gasteiger partial charge in [-0.2, -0.15) is 0 Å². The van der Waals surface area contributed by atoms with Gasteiger partial charge in [0.25, 0.3) is 5.91 Å². The third kappa shape index (κ3) is 4.14. The summed E-state index contributed by atoms with van der Waals surface area (Å²) in [5.41, 5.74) is 1.66. The molecule has 9 heteroatoms. The first-order valence-electron chi connectivity index (χ1n) is 7.90. The number of carbonyl (C=O) groups excluding carboxylic acids is 1. The molecule has 0 aliphatic rings. The Morgan fingerprint density at radius 1 is 1.19 bits per heavy atom. The minimum atomic E-state index is -1.52. The molecule has 2 heterocycles. The molecule has 0 atom stereocenters. The van der Waals surface area contributed by atoms with Gasteiger partial charge in [0.2, 0.25) is 0 Å². The molecule has 0 bridgehead atoms. The number of benzene rings is 1. The van der Waals surface area contributed by atoms with Crippen molar-refractivity contribution in [3.63, 3.8) is 0 Å². The molecule has 3 rings (SSSR count). The second kappa shape index (κ2) is 7.58. The second-order valence-corrected chi connectivity index (χ2v) is 5.90. The van der Waals surface area contributed by atoms with Crippen LogP contribution in [-0.4, -0.2) is 25.5 Å². The minimum absolute atomic E-state index is 0.0445. The maximum Gasteiger partial charge on any atom is 0.258 e. The van der Waals surface area contributed by atoms with Crippen molar-refractivity contribution < 1.29 is 23.1 Å². The van der Waals surface area contributed by atoms with Crippen LogP contribution < -0.4 is 5.32 Å². The van der Waals surface area contributed by atoms with E-state index in [0.29, 0.717) is 16.8 Å². The molecule has 0 spiro atoms. The number of aliphatic hydroxyl groups excluding tert-OH is 1. The summed E-state index contributed by atoms with van der Waals surface area (Å²) >= 11 is 0. The number of halogens is 3. The number of carbonyl (C=O) groups is 1. The lowest BCUT2D eigenvalue weighted by Crippen LogP contribution is -2.13. The second-order valence-electron chi connectivity index (χ2n) is 5.90. The van der Waals surface area contributed by atoms with Crippen molar-refractivity contribution in [3.8, 4) is 0 Å². The van der Waals surface area contributed by atoms with Gasteiger partial charge in [0.1, 0.15) is 0 Å². The van der Waals surface area contributed by atoms with E-state index in [1.165, 1.54) is 23.3 Å². The van der Waals surface area contributed by atoms with Gasteiger partial charge in [-0.05, 0) is 36.2 Å². The Hall–Kier alpha value is -3.20. The van der Waals surface area contributed by atoms with Gasteiger partial charge >= 0.3 is 0 Å². The number of amides is 1. The number of nitrogens with zero attached hydrogens (tertiary/aromatic N) is 3. The lowest BCUT2D eigenvalue weighted by molar-refractivity contribution is 0.102. The summed E-state index contributed by atoms with van der Waals surface area (Å²) < 4.78 is 41.0. The van der Waals surface area contributed by atoms with Gasteiger partial charge in [-0.3, -0.25) is 9.78 Å². The normalized spacial score (nSPS) is 10.9. The maximum atomic E-state index is 13.3. The Morgan fingerprint density at radius 2 is 1.89 bits per heavy atom. The molecule has 2 N–H and O–H groups in total. The molecule has 3 aromatic rings. The van der Waals surface area contributed by atoms with E-state index in [0.717, 1.165) is 12.1 Å². The molecule has 140 valence electrons. The van der Waals surface area contributed by atoms with Gasteiger partial charge in [-0.15, -0.1) is 0 Å². The highest BCUT2D eigenvalue weighted by Crippen LogP contribution is 2.16. The Labute approximate surface area is 152 Å². The summed E-state index contributed by atoms with van der Waals surface area (Å²) in [5, 5.41) is 11.7. The average Bonchev–Trinajstić information content (AvgIpc) is 3.06. The summed E-state index contributed by atoms with van der Waals surface area (Å²) in [5.74, 6) is -4.28. The van der Waals surface area contributed by atoms with E-state index in [9.17, 15) is 18.0 Å². The summed E-state index contributed by atoms with van der Waals surface area (Å²) in [6.07, 6.45) is 4.18. The van der Waals surface area contributed by atoms with Crippen LogP contribution in [-0.2, 0) is 13.2 Å². The quantitative estimate of drug-likeness (QED) is 0.671. The Bertz CT molecular complexity index is 981. The Kier molecular flexibility index (Phi) is 5.22. The van der Waals surface area contributed by atoms with Crippen LogP contribution in [0.25, 0.3) is 0 Å². The van der Waals surface area contributed by atoms with Crippen LogP contribution in [0.5, 0.6) is 0 Å². The van der Waals surface area contributed by atoms with Crippen LogP contribution in [0.4, 0.5) is 19.0 Å². The van der Waals surface area contributed by atoms with Crippen LogP contribution >= 0.6 is 0 Å². The topological polar surface area (TPSA) is 80.0 Å².